The molecule has 6 saturated carbocycles. The Morgan fingerprint density at radius 3 is 1.57 bits per heavy atom. The van der Waals surface area contributed by atoms with Crippen LogP contribution in [0.3, 0.4) is 0 Å². The molecule has 8 rings (SSSR count). The summed E-state index contributed by atoms with van der Waals surface area (Å²) in [7, 11) is -2.73. The molecule has 4 nitrogen and oxygen atoms in total. The first kappa shape index (κ1) is 60.7. The predicted octanol–water partition coefficient (Wildman–Crippen LogP) is 15.3. The minimum atomic E-state index is -2.73. The molecule has 0 aliphatic heterocycles. The van der Waals surface area contributed by atoms with E-state index in [2.05, 4.69) is 101 Å². The van der Waals surface area contributed by atoms with Crippen LogP contribution in [0.15, 0.2) is 120 Å². The van der Waals surface area contributed by atoms with Crippen LogP contribution in [0, 0.1) is 57.2 Å². The van der Waals surface area contributed by atoms with Crippen LogP contribution in [0.1, 0.15) is 172 Å². The van der Waals surface area contributed by atoms with Crippen LogP contribution in [0.2, 0.25) is 0 Å². The number of hydrogen-bond donors (Lipinski definition) is 2. The summed E-state index contributed by atoms with van der Waals surface area (Å²) in [5, 5.41) is 22.2. The Balaban J connectivity index is 0.000000228. The molecule has 6 aliphatic carbocycles. The molecular formula is C62H91O4PY2. The van der Waals surface area contributed by atoms with Gasteiger partial charge in [0.2, 0.25) is 0 Å². The van der Waals surface area contributed by atoms with Gasteiger partial charge in [-0.05, 0) is 146 Å². The zero-order valence-corrected chi connectivity index (χ0v) is 51.4. The topological polar surface area (TPSA) is 74.6 Å². The quantitative estimate of drug-likeness (QED) is 0.194. The molecule has 2 aromatic rings. The summed E-state index contributed by atoms with van der Waals surface area (Å²) in [6.45, 7) is 31.7. The van der Waals surface area contributed by atoms with E-state index >= 15 is 0 Å². The number of aliphatic hydroxyl groups is 2. The molecule has 7 heteroatoms. The minimum Gasteiger partial charge on any atom is -0.388 e. The van der Waals surface area contributed by atoms with Gasteiger partial charge in [-0.2, -0.15) is 0 Å². The number of aliphatic hydroxyl groups excluding tert-OH is 2. The Hall–Kier alpha value is -0.832. The average Bonchev–Trinajstić information content (AvgIpc) is 3.88. The van der Waals surface area contributed by atoms with E-state index in [0.29, 0.717) is 51.9 Å². The molecule has 2 N–H and O–H groups in total. The Bertz CT molecular complexity index is 2110. The van der Waals surface area contributed by atoms with Crippen LogP contribution >= 0.6 is 7.14 Å². The maximum absolute atomic E-state index is 14.0. The number of carbonyl (C=O) groups is 1. The van der Waals surface area contributed by atoms with E-state index in [1.165, 1.54) is 68.9 Å². The first-order valence-corrected chi connectivity index (χ1v) is 28.5. The van der Waals surface area contributed by atoms with Gasteiger partial charge in [-0.1, -0.05) is 191 Å². The Kier molecular flexibility index (Phi) is 22.5. The van der Waals surface area contributed by atoms with Crippen molar-refractivity contribution in [3.05, 3.63) is 120 Å². The van der Waals surface area contributed by atoms with E-state index in [1.54, 1.807) is 5.57 Å². The van der Waals surface area contributed by atoms with Gasteiger partial charge in [-0.25, -0.2) is 0 Å². The smallest absolute Gasteiger partial charge is 0.146 e. The summed E-state index contributed by atoms with van der Waals surface area (Å²) in [6.07, 6.45) is 24.8. The predicted molar refractivity (Wildman–Crippen MR) is 285 cm³/mol. The normalized spacial score (nSPS) is 33.3. The van der Waals surface area contributed by atoms with E-state index in [1.807, 2.05) is 60.7 Å². The van der Waals surface area contributed by atoms with Crippen LogP contribution < -0.4 is 10.6 Å². The van der Waals surface area contributed by atoms with Crippen LogP contribution in [0.5, 0.6) is 0 Å². The Labute approximate surface area is 471 Å². The van der Waals surface area contributed by atoms with Crippen LogP contribution in [0.25, 0.3) is 0 Å². The fourth-order valence-electron chi connectivity index (χ4n) is 14.3. The van der Waals surface area contributed by atoms with Crippen molar-refractivity contribution in [3.63, 3.8) is 0 Å². The van der Waals surface area contributed by atoms with Crippen molar-refractivity contribution in [1.29, 1.82) is 0 Å². The van der Waals surface area contributed by atoms with Gasteiger partial charge in [0.15, 0.2) is 0 Å². The number of Topliss-reactive ketones (excluding diaryl/α,β-unsaturated/α-hetero) is 1. The molecule has 69 heavy (non-hydrogen) atoms. The molecule has 1 unspecified atom stereocenters. The number of ketones is 1. The van der Waals surface area contributed by atoms with Gasteiger partial charge in [0.25, 0.3) is 0 Å². The Morgan fingerprint density at radius 2 is 1.09 bits per heavy atom. The molecule has 2 radical (unpaired) electrons. The summed E-state index contributed by atoms with van der Waals surface area (Å²) in [4.78, 5) is 12.0. The molecule has 0 amide bonds. The third-order valence-corrected chi connectivity index (χ3v) is 22.2. The second-order valence-corrected chi connectivity index (χ2v) is 26.9. The summed E-state index contributed by atoms with van der Waals surface area (Å²) >= 11 is 0. The van der Waals surface area contributed by atoms with Crippen molar-refractivity contribution in [2.45, 2.75) is 184 Å². The minimum absolute atomic E-state index is 0. The Morgan fingerprint density at radius 1 is 0.652 bits per heavy atom. The van der Waals surface area contributed by atoms with Crippen molar-refractivity contribution in [2.75, 3.05) is 6.16 Å². The summed E-state index contributed by atoms with van der Waals surface area (Å²) in [6, 6.07) is 19.5. The van der Waals surface area contributed by atoms with Gasteiger partial charge in [0.05, 0.1) is 12.2 Å². The standard InChI is InChI=1S/C25H40O.C22H25O2P.C15H26O.2Y/c1-7-24(4,5)23-13-12-21-20(9-8-14-25(21,23)6)11-10-19-15-17(2)18(3)22(26)16-19;1-17-15-19(16-22(23)18(17)2)13-14-25(24,20-9-5-3-6-10-20)21-11-7-4-8-12-21;1-5-14(2,3)13-9-8-11-12(16)7-6-10-15(11,13)4;;/h10-11,17,21-23,26H,3,7-9,12-16H2,1-2,4-6H3;3-13,17,22-23H,2,14-16H2,1H3;11,13H,5-10H2,1-4H3;;/b19-10-,20-11+;19-13-;;;/t17-,21+,22-,23-,25+;17-,22-;11-,13?,15-;;/m110../s1. The van der Waals surface area contributed by atoms with Gasteiger partial charge >= 0.3 is 0 Å². The van der Waals surface area contributed by atoms with Gasteiger partial charge in [0, 0.05) is 94.5 Å². The van der Waals surface area contributed by atoms with Crippen molar-refractivity contribution < 1.29 is 85.0 Å². The maximum Gasteiger partial charge on any atom is 0.146 e. The number of allylic oxidation sites excluding steroid dienone is 4. The van der Waals surface area contributed by atoms with Crippen LogP contribution in [-0.4, -0.2) is 34.4 Å². The monoisotopic (exact) mass is 1110 g/mol. The maximum atomic E-state index is 14.0. The zero-order valence-electron chi connectivity index (χ0n) is 44.9. The molecule has 0 heterocycles. The molecule has 6 aliphatic rings. The number of rotatable bonds is 9. The molecule has 0 bridgehead atoms. The van der Waals surface area contributed by atoms with E-state index in [0.717, 1.165) is 78.0 Å². The second kappa shape index (κ2) is 25.6. The van der Waals surface area contributed by atoms with Gasteiger partial charge in [-0.3, -0.25) is 4.79 Å². The molecule has 0 spiro atoms. The number of benzene rings is 2. The van der Waals surface area contributed by atoms with E-state index in [4.69, 9.17) is 0 Å². The number of hydrogen-bond acceptors (Lipinski definition) is 4. The summed E-state index contributed by atoms with van der Waals surface area (Å²) < 4.78 is 14.0. The van der Waals surface area contributed by atoms with Crippen molar-refractivity contribution in [1.82, 2.24) is 0 Å². The SMILES string of the molecule is C=C1[C@H](C)C/C(=C/C=C2\CCC[C@]3(C)[C@@H](C(C)(C)CC)CC[C@@H]23)C[C@H]1O.C=C1[C@H](C)C/C(=C/CP(=O)(c2ccccc2)c2ccccc2)C[C@H]1O.CCC(C)(C)C1CC[C@H]2C(=O)CCC[C@]12C.[Y].[Y]. The van der Waals surface area contributed by atoms with Crippen molar-refractivity contribution in [3.8, 4) is 0 Å². The van der Waals surface area contributed by atoms with E-state index < -0.39 is 13.2 Å². The van der Waals surface area contributed by atoms with Gasteiger partial charge in [-0.15, -0.1) is 0 Å². The molecular weight excluding hydrogens is 1020 g/mol. The van der Waals surface area contributed by atoms with Gasteiger partial charge in [0.1, 0.15) is 12.9 Å². The molecule has 10 atom stereocenters. The number of fused-ring (bicyclic) bond motifs is 2. The van der Waals surface area contributed by atoms with Crippen LogP contribution in [-0.2, 0) is 74.8 Å². The van der Waals surface area contributed by atoms with Gasteiger partial charge < -0.3 is 14.8 Å². The zero-order chi connectivity index (χ0) is 49.0. The average molecular weight is 1110 g/mol. The summed E-state index contributed by atoms with van der Waals surface area (Å²) in [5.41, 5.74) is 7.85. The molecule has 2 aromatic carbocycles. The third-order valence-electron chi connectivity index (χ3n) is 19.2. The van der Waals surface area contributed by atoms with Crippen molar-refractivity contribution in [2.24, 2.45) is 57.2 Å². The van der Waals surface area contributed by atoms with E-state index in [9.17, 15) is 19.6 Å². The molecule has 0 saturated heterocycles. The fourth-order valence-corrected chi connectivity index (χ4v) is 16.9. The van der Waals surface area contributed by atoms with Crippen LogP contribution in [0.4, 0.5) is 0 Å². The molecule has 6 fully saturated rings. The first-order chi connectivity index (χ1) is 31.6. The van der Waals surface area contributed by atoms with Crippen molar-refractivity contribution >= 4 is 23.5 Å². The van der Waals surface area contributed by atoms with E-state index in [-0.39, 0.29) is 77.4 Å². The molecule has 0 aromatic heterocycles. The first-order valence-electron chi connectivity index (χ1n) is 26.6. The molecule has 374 valence electrons. The second-order valence-electron chi connectivity index (χ2n) is 24.1. The fraction of sp³-hybridized carbons (Fsp3) is 0.629. The largest absolute Gasteiger partial charge is 0.388 e. The summed E-state index contributed by atoms with van der Waals surface area (Å²) in [5.74, 6) is 3.98. The third kappa shape index (κ3) is 13.7. The number of carbonyl (C=O) groups excluding carboxylic acids is 1.